The van der Waals surface area contributed by atoms with Crippen molar-refractivity contribution in [1.82, 2.24) is 0 Å². The van der Waals surface area contributed by atoms with E-state index in [1.165, 1.54) is 17.7 Å². The van der Waals surface area contributed by atoms with E-state index < -0.39 is 0 Å². The Morgan fingerprint density at radius 2 is 2.24 bits per heavy atom. The van der Waals surface area contributed by atoms with Crippen molar-refractivity contribution < 1.29 is 0 Å². The van der Waals surface area contributed by atoms with E-state index in [0.717, 1.165) is 18.5 Å². The molecule has 0 unspecified atom stereocenters. The highest BCUT2D eigenvalue weighted by Gasteiger charge is 2.14. The van der Waals surface area contributed by atoms with Gasteiger partial charge in [-0.25, -0.2) is 0 Å². The van der Waals surface area contributed by atoms with E-state index in [0.29, 0.717) is 11.4 Å². The topological polar surface area (TPSA) is 53.1 Å². The predicted octanol–water partition coefficient (Wildman–Crippen LogP) is 2.30. The molecule has 3 heteroatoms. The van der Waals surface area contributed by atoms with Gasteiger partial charge in [-0.2, -0.15) is 0 Å². The zero-order valence-corrected chi connectivity index (χ0v) is 10.5. The second-order valence-electron chi connectivity index (χ2n) is 4.67. The zero-order chi connectivity index (χ0) is 12.4. The number of nitrogens with one attached hydrogen (secondary N) is 1. The Hall–Kier alpha value is -1.77. The summed E-state index contributed by atoms with van der Waals surface area (Å²) >= 11 is 0. The average Bonchev–Trinajstić information content (AvgIpc) is 2.28. The molecular formula is C14H19N3. The average molecular weight is 229 g/mol. The van der Waals surface area contributed by atoms with Gasteiger partial charge in [-0.3, -0.25) is 0 Å². The molecule has 1 aliphatic rings. The summed E-state index contributed by atoms with van der Waals surface area (Å²) in [6, 6.07) is 6.23. The molecule has 0 atom stereocenters. The lowest BCUT2D eigenvalue weighted by molar-refractivity contribution is 0.744. The Balaban J connectivity index is 2.33. The minimum Gasteiger partial charge on any atom is -0.402 e. The normalized spacial score (nSPS) is 15.6. The fourth-order valence-corrected chi connectivity index (χ4v) is 2.26. The molecule has 0 saturated carbocycles. The van der Waals surface area contributed by atoms with Crippen LogP contribution in [0, 0.1) is 5.41 Å². The Bertz CT molecular complexity index is 470. The van der Waals surface area contributed by atoms with Gasteiger partial charge in [0.05, 0.1) is 5.71 Å². The van der Waals surface area contributed by atoms with Crippen molar-refractivity contribution in [2.45, 2.75) is 19.8 Å². The number of aryl methyl sites for hydroxylation is 1. The van der Waals surface area contributed by atoms with Crippen molar-refractivity contribution >= 4 is 11.4 Å². The van der Waals surface area contributed by atoms with Crippen molar-refractivity contribution in [3.8, 4) is 0 Å². The summed E-state index contributed by atoms with van der Waals surface area (Å²) in [5.41, 5.74) is 10.3. The van der Waals surface area contributed by atoms with E-state index in [4.69, 9.17) is 11.1 Å². The second kappa shape index (κ2) is 4.62. The third-order valence-corrected chi connectivity index (χ3v) is 3.11. The van der Waals surface area contributed by atoms with Crippen LogP contribution < -0.4 is 10.6 Å². The lowest BCUT2D eigenvalue weighted by Gasteiger charge is -2.27. The summed E-state index contributed by atoms with van der Waals surface area (Å²) in [6.07, 6.45) is 3.99. The molecule has 3 N–H and O–H groups in total. The Morgan fingerprint density at radius 3 is 2.94 bits per heavy atom. The Morgan fingerprint density at radius 1 is 1.47 bits per heavy atom. The van der Waals surface area contributed by atoms with Crippen LogP contribution in [0.4, 0.5) is 5.69 Å². The van der Waals surface area contributed by atoms with Crippen molar-refractivity contribution in [2.75, 3.05) is 18.5 Å². The van der Waals surface area contributed by atoms with Gasteiger partial charge in [0.15, 0.2) is 0 Å². The number of fused-ring (bicyclic) bond motifs is 1. The molecule has 0 spiro atoms. The number of anilines is 1. The van der Waals surface area contributed by atoms with Gasteiger partial charge in [0.25, 0.3) is 0 Å². The first kappa shape index (κ1) is 11.7. The van der Waals surface area contributed by atoms with Gasteiger partial charge >= 0.3 is 0 Å². The first-order chi connectivity index (χ1) is 8.08. The summed E-state index contributed by atoms with van der Waals surface area (Å²) in [5, 5.41) is 7.96. The van der Waals surface area contributed by atoms with Gasteiger partial charge in [0, 0.05) is 25.0 Å². The second-order valence-corrected chi connectivity index (χ2v) is 4.67. The van der Waals surface area contributed by atoms with E-state index in [1.54, 1.807) is 13.0 Å². The highest BCUT2D eigenvalue weighted by molar-refractivity contribution is 6.07. The Labute approximate surface area is 102 Å². The van der Waals surface area contributed by atoms with Crippen LogP contribution in [0.1, 0.15) is 24.5 Å². The monoisotopic (exact) mass is 229 g/mol. The third-order valence-electron chi connectivity index (χ3n) is 3.11. The predicted molar refractivity (Wildman–Crippen MR) is 72.8 cm³/mol. The number of rotatable bonds is 2. The number of benzene rings is 1. The number of nitrogens with two attached hydrogens (primary N) is 1. The first-order valence-corrected chi connectivity index (χ1v) is 5.94. The molecule has 0 fully saturated rings. The van der Waals surface area contributed by atoms with E-state index in [1.807, 2.05) is 6.07 Å². The molecule has 1 aromatic rings. The van der Waals surface area contributed by atoms with Gasteiger partial charge < -0.3 is 16.0 Å². The number of hydrogen-bond donors (Lipinski definition) is 2. The molecule has 0 bridgehead atoms. The van der Waals surface area contributed by atoms with Crippen LogP contribution in [0.15, 0.2) is 30.0 Å². The smallest absolute Gasteiger partial charge is 0.0629 e. The summed E-state index contributed by atoms with van der Waals surface area (Å²) in [4.78, 5) is 2.27. The molecule has 1 aromatic carbocycles. The number of nitrogens with zero attached hydrogens (tertiary/aromatic N) is 1. The third kappa shape index (κ3) is 2.49. The molecule has 90 valence electrons. The molecule has 0 amide bonds. The standard InChI is InChI=1S/C14H19N3/c1-10(15)8-13(16)11-5-6-14-12(9-11)4-3-7-17(14)2/h5-6,8-9,16H,3-4,7,15H2,1-2H3/b10-8-,16-13?. The maximum absolute atomic E-state index is 7.96. The molecule has 0 aliphatic carbocycles. The largest absolute Gasteiger partial charge is 0.402 e. The van der Waals surface area contributed by atoms with Crippen molar-refractivity contribution in [2.24, 2.45) is 5.73 Å². The lowest BCUT2D eigenvalue weighted by Crippen LogP contribution is -2.24. The maximum Gasteiger partial charge on any atom is 0.0629 e. The van der Waals surface area contributed by atoms with E-state index in [9.17, 15) is 0 Å². The number of hydrogen-bond acceptors (Lipinski definition) is 3. The minimum atomic E-state index is 0.487. The van der Waals surface area contributed by atoms with Gasteiger partial charge in [-0.05, 0) is 49.1 Å². The van der Waals surface area contributed by atoms with Crippen molar-refractivity contribution in [1.29, 1.82) is 5.41 Å². The minimum absolute atomic E-state index is 0.487. The van der Waals surface area contributed by atoms with E-state index >= 15 is 0 Å². The zero-order valence-electron chi connectivity index (χ0n) is 10.5. The van der Waals surface area contributed by atoms with Crippen LogP contribution >= 0.6 is 0 Å². The quantitative estimate of drug-likeness (QED) is 0.764. The maximum atomic E-state index is 7.96. The van der Waals surface area contributed by atoms with Crippen molar-refractivity contribution in [3.05, 3.63) is 41.1 Å². The van der Waals surface area contributed by atoms with Gasteiger partial charge in [-0.15, -0.1) is 0 Å². The summed E-state index contributed by atoms with van der Waals surface area (Å²) in [7, 11) is 2.12. The summed E-state index contributed by atoms with van der Waals surface area (Å²) in [5.74, 6) is 0. The van der Waals surface area contributed by atoms with E-state index in [-0.39, 0.29) is 0 Å². The van der Waals surface area contributed by atoms with Crippen LogP contribution in [0.2, 0.25) is 0 Å². The highest BCUT2D eigenvalue weighted by atomic mass is 15.1. The first-order valence-electron chi connectivity index (χ1n) is 5.94. The van der Waals surface area contributed by atoms with Crippen LogP contribution in [-0.4, -0.2) is 19.3 Å². The van der Waals surface area contributed by atoms with Gasteiger partial charge in [-0.1, -0.05) is 6.07 Å². The SMILES string of the molecule is C/C(N)=C/C(=N)c1ccc2c(c1)CCCN2C. The summed E-state index contributed by atoms with van der Waals surface area (Å²) < 4.78 is 0. The lowest BCUT2D eigenvalue weighted by atomic mass is 9.97. The van der Waals surface area contributed by atoms with E-state index in [2.05, 4.69) is 24.1 Å². The summed E-state index contributed by atoms with van der Waals surface area (Å²) in [6.45, 7) is 2.92. The molecule has 3 nitrogen and oxygen atoms in total. The molecular weight excluding hydrogens is 210 g/mol. The van der Waals surface area contributed by atoms with Crippen LogP contribution in [0.5, 0.6) is 0 Å². The van der Waals surface area contributed by atoms with Crippen LogP contribution in [0.25, 0.3) is 0 Å². The van der Waals surface area contributed by atoms with Gasteiger partial charge in [0.2, 0.25) is 0 Å². The van der Waals surface area contributed by atoms with Gasteiger partial charge in [0.1, 0.15) is 0 Å². The molecule has 0 aromatic heterocycles. The highest BCUT2D eigenvalue weighted by Crippen LogP contribution is 2.26. The van der Waals surface area contributed by atoms with Crippen molar-refractivity contribution in [3.63, 3.8) is 0 Å². The molecule has 0 saturated heterocycles. The molecule has 1 aliphatic heterocycles. The Kier molecular flexibility index (Phi) is 3.18. The van der Waals surface area contributed by atoms with Crippen LogP contribution in [-0.2, 0) is 6.42 Å². The number of allylic oxidation sites excluding steroid dienone is 2. The molecule has 2 rings (SSSR count). The fraction of sp³-hybridized carbons (Fsp3) is 0.357. The fourth-order valence-electron chi connectivity index (χ4n) is 2.26. The molecule has 0 radical (unpaired) electrons. The van der Waals surface area contributed by atoms with Crippen LogP contribution in [0.3, 0.4) is 0 Å². The molecule has 1 heterocycles. The molecule has 17 heavy (non-hydrogen) atoms.